The van der Waals surface area contributed by atoms with Crippen molar-refractivity contribution in [2.75, 3.05) is 50.1 Å². The van der Waals surface area contributed by atoms with Gasteiger partial charge in [-0.3, -0.25) is 9.59 Å². The van der Waals surface area contributed by atoms with Crippen molar-refractivity contribution < 1.29 is 9.59 Å². The van der Waals surface area contributed by atoms with Crippen molar-refractivity contribution in [1.29, 1.82) is 5.26 Å². The highest BCUT2D eigenvalue weighted by atomic mass is 16.2. The smallest absolute Gasteiger partial charge is 0.266 e. The van der Waals surface area contributed by atoms with E-state index < -0.39 is 5.91 Å². The molecule has 0 unspecified atom stereocenters. The summed E-state index contributed by atoms with van der Waals surface area (Å²) in [7, 11) is 3.95. The van der Waals surface area contributed by atoms with Crippen LogP contribution in [0.3, 0.4) is 0 Å². The number of carbonyl (C=O) groups is 2. The fourth-order valence-corrected chi connectivity index (χ4v) is 6.89. The van der Waals surface area contributed by atoms with Gasteiger partial charge in [0.1, 0.15) is 47.2 Å². The van der Waals surface area contributed by atoms with Crippen molar-refractivity contribution in [3.8, 4) is 6.07 Å². The number of fused-ring (bicyclic) bond motifs is 2. The van der Waals surface area contributed by atoms with Gasteiger partial charge in [0, 0.05) is 58.4 Å². The summed E-state index contributed by atoms with van der Waals surface area (Å²) in [6.45, 7) is 6.28. The number of aromatic amines is 2. The van der Waals surface area contributed by atoms with E-state index in [1.807, 2.05) is 44.7 Å². The van der Waals surface area contributed by atoms with Crippen LogP contribution in [-0.2, 0) is 9.59 Å². The zero-order chi connectivity index (χ0) is 32.5. The standard InChI is InChI=1S/C32H40N12O2/c1-19-7-11-43(15-25(19)41(3)30-21-5-9-35-28(21)37-17-39-30)27(45)13-24(34)23(14-33)32(46)44-12-8-20(2)26(16-44)42(4)31-22-6-10-36-29(22)38-18-40-31/h5-6,9-10,17-20,25-26H,7-8,11-13,15-16,34H2,1-4H3,(H,35,37,39)(H,36,38,40)/b24-23-/t19-,20-,25+,26+/m1/s1. The Labute approximate surface area is 267 Å². The Morgan fingerprint density at radius 1 is 0.891 bits per heavy atom. The van der Waals surface area contributed by atoms with Gasteiger partial charge in [0.25, 0.3) is 5.91 Å². The number of nitrogens with one attached hydrogen (secondary N) is 2. The van der Waals surface area contributed by atoms with Gasteiger partial charge in [0.05, 0.1) is 29.3 Å². The lowest BCUT2D eigenvalue weighted by molar-refractivity contribution is -0.132. The van der Waals surface area contributed by atoms with E-state index in [1.165, 1.54) is 12.7 Å². The number of nitriles is 1. The summed E-state index contributed by atoms with van der Waals surface area (Å²) in [5.41, 5.74) is 7.70. The summed E-state index contributed by atoms with van der Waals surface area (Å²) in [4.78, 5) is 58.8. The van der Waals surface area contributed by atoms with Crippen LogP contribution in [0.25, 0.3) is 22.1 Å². The molecular formula is C32H40N12O2. The van der Waals surface area contributed by atoms with Crippen LogP contribution in [0.1, 0.15) is 33.1 Å². The van der Waals surface area contributed by atoms with E-state index in [-0.39, 0.29) is 41.6 Å². The first-order valence-corrected chi connectivity index (χ1v) is 15.7. The van der Waals surface area contributed by atoms with Crippen LogP contribution in [0.5, 0.6) is 0 Å². The first-order chi connectivity index (χ1) is 22.2. The number of piperidine rings is 2. The van der Waals surface area contributed by atoms with Crippen molar-refractivity contribution in [3.63, 3.8) is 0 Å². The van der Waals surface area contributed by atoms with Gasteiger partial charge < -0.3 is 35.3 Å². The molecule has 0 aromatic carbocycles. The molecule has 4 atom stereocenters. The highest BCUT2D eigenvalue weighted by molar-refractivity contribution is 5.99. The minimum Gasteiger partial charge on any atom is -0.400 e. The molecule has 2 aliphatic rings. The average Bonchev–Trinajstić information content (AvgIpc) is 3.75. The number of anilines is 2. The molecule has 4 aromatic rings. The van der Waals surface area contributed by atoms with Gasteiger partial charge in [0.15, 0.2) is 0 Å². The van der Waals surface area contributed by atoms with E-state index in [0.717, 1.165) is 46.5 Å². The molecule has 4 N–H and O–H groups in total. The minimum atomic E-state index is -0.447. The number of likely N-dealkylation sites (N-methyl/N-ethyl adjacent to an activating group) is 2. The van der Waals surface area contributed by atoms with Crippen LogP contribution in [0.4, 0.5) is 11.6 Å². The zero-order valence-electron chi connectivity index (χ0n) is 26.6. The van der Waals surface area contributed by atoms with Crippen LogP contribution in [0.2, 0.25) is 0 Å². The van der Waals surface area contributed by atoms with Crippen molar-refractivity contribution in [2.24, 2.45) is 17.6 Å². The van der Waals surface area contributed by atoms with E-state index in [4.69, 9.17) is 5.73 Å². The topological polar surface area (TPSA) is 180 Å². The fraction of sp³-hybridized carbons (Fsp3) is 0.469. The number of nitrogens with zero attached hydrogens (tertiary/aromatic N) is 9. The van der Waals surface area contributed by atoms with Crippen molar-refractivity contribution in [2.45, 2.75) is 45.2 Å². The molecule has 0 spiro atoms. The van der Waals surface area contributed by atoms with Gasteiger partial charge >= 0.3 is 0 Å². The van der Waals surface area contributed by atoms with Crippen LogP contribution in [0.15, 0.2) is 48.5 Å². The Morgan fingerprint density at radius 3 is 1.91 bits per heavy atom. The first-order valence-electron chi connectivity index (χ1n) is 15.7. The van der Waals surface area contributed by atoms with E-state index in [0.29, 0.717) is 32.1 Å². The molecular weight excluding hydrogens is 584 g/mol. The fourth-order valence-electron chi connectivity index (χ4n) is 6.89. The number of amides is 2. The van der Waals surface area contributed by atoms with Crippen molar-refractivity contribution in [1.82, 2.24) is 39.7 Å². The highest BCUT2D eigenvalue weighted by Crippen LogP contribution is 2.31. The molecule has 6 rings (SSSR count). The van der Waals surface area contributed by atoms with Crippen LogP contribution in [0, 0.1) is 23.2 Å². The van der Waals surface area contributed by atoms with E-state index in [9.17, 15) is 14.9 Å². The third-order valence-electron chi connectivity index (χ3n) is 9.79. The Hall–Kier alpha value is -5.19. The number of aromatic nitrogens is 6. The maximum Gasteiger partial charge on any atom is 0.266 e. The molecule has 2 amide bonds. The van der Waals surface area contributed by atoms with Gasteiger partial charge in [0.2, 0.25) is 5.91 Å². The number of likely N-dealkylation sites (tertiary alicyclic amines) is 2. The first kappa shape index (κ1) is 30.8. The molecule has 4 aromatic heterocycles. The van der Waals surface area contributed by atoms with E-state index in [1.54, 1.807) is 9.80 Å². The summed E-state index contributed by atoms with van der Waals surface area (Å²) in [5.74, 6) is 1.50. The zero-order valence-corrected chi connectivity index (χ0v) is 26.6. The molecule has 46 heavy (non-hydrogen) atoms. The number of carbonyl (C=O) groups excluding carboxylic acids is 2. The predicted octanol–water partition coefficient (Wildman–Crippen LogP) is 2.40. The maximum absolute atomic E-state index is 13.7. The van der Waals surface area contributed by atoms with E-state index >= 15 is 0 Å². The Kier molecular flexibility index (Phi) is 8.48. The third-order valence-corrected chi connectivity index (χ3v) is 9.79. The molecule has 2 aliphatic heterocycles. The predicted molar refractivity (Wildman–Crippen MR) is 174 cm³/mol. The summed E-state index contributed by atoms with van der Waals surface area (Å²) in [6.07, 6.45) is 8.07. The average molecular weight is 625 g/mol. The lowest BCUT2D eigenvalue weighted by atomic mass is 9.91. The molecule has 14 heteroatoms. The molecule has 240 valence electrons. The molecule has 0 aliphatic carbocycles. The van der Waals surface area contributed by atoms with Gasteiger partial charge in [-0.15, -0.1) is 0 Å². The van der Waals surface area contributed by atoms with Gasteiger partial charge in [-0.05, 0) is 36.8 Å². The summed E-state index contributed by atoms with van der Waals surface area (Å²) in [6, 6.07) is 5.87. The molecule has 6 heterocycles. The van der Waals surface area contributed by atoms with Crippen LogP contribution in [-0.4, -0.2) is 104 Å². The van der Waals surface area contributed by atoms with Crippen molar-refractivity contribution in [3.05, 3.63) is 48.5 Å². The van der Waals surface area contributed by atoms with Gasteiger partial charge in [-0.1, -0.05) is 13.8 Å². The van der Waals surface area contributed by atoms with Gasteiger partial charge in [-0.25, -0.2) is 19.9 Å². The summed E-state index contributed by atoms with van der Waals surface area (Å²) in [5, 5.41) is 11.9. The maximum atomic E-state index is 13.7. The highest BCUT2D eigenvalue weighted by Gasteiger charge is 2.36. The molecule has 0 saturated carbocycles. The number of H-pyrrole nitrogens is 2. The van der Waals surface area contributed by atoms with Crippen LogP contribution >= 0.6 is 0 Å². The number of hydrogen-bond acceptors (Lipinski definition) is 10. The molecule has 0 radical (unpaired) electrons. The lowest BCUT2D eigenvalue weighted by Crippen LogP contribution is -2.53. The second-order valence-electron chi connectivity index (χ2n) is 12.5. The monoisotopic (exact) mass is 624 g/mol. The molecule has 2 fully saturated rings. The Balaban J connectivity index is 1.14. The normalized spacial score (nSPS) is 22.4. The van der Waals surface area contributed by atoms with E-state index in [2.05, 4.69) is 53.6 Å². The molecule has 2 saturated heterocycles. The SMILES string of the molecule is C[C@@H]1CCN(C(=O)C/C(N)=C(\C#N)C(=O)N2CC[C@@H](C)[C@@H](N(C)c3ncnc4[nH]ccc34)C2)C[C@@H]1N(C)c1ncnc2[nH]ccc12. The Morgan fingerprint density at radius 2 is 1.39 bits per heavy atom. The van der Waals surface area contributed by atoms with Crippen LogP contribution < -0.4 is 15.5 Å². The summed E-state index contributed by atoms with van der Waals surface area (Å²) >= 11 is 0. The molecule has 14 nitrogen and oxygen atoms in total. The number of rotatable bonds is 7. The number of nitrogens with two attached hydrogens (primary N) is 1. The van der Waals surface area contributed by atoms with Gasteiger partial charge in [-0.2, -0.15) is 5.26 Å². The largest absolute Gasteiger partial charge is 0.400 e. The van der Waals surface area contributed by atoms with Crippen molar-refractivity contribution >= 4 is 45.5 Å². The third kappa shape index (κ3) is 5.68. The lowest BCUT2D eigenvalue weighted by Gasteiger charge is -2.42. The molecule has 0 bridgehead atoms. The minimum absolute atomic E-state index is 0.000726. The quantitative estimate of drug-likeness (QED) is 0.204. The second kappa shape index (κ2) is 12.7. The summed E-state index contributed by atoms with van der Waals surface area (Å²) < 4.78 is 0. The second-order valence-corrected chi connectivity index (χ2v) is 12.5. The number of hydrogen-bond donors (Lipinski definition) is 3. The Bertz CT molecular complexity index is 1820.